The monoisotopic (exact) mass is 282 g/mol. The quantitative estimate of drug-likeness (QED) is 0.829. The second-order valence-electron chi connectivity index (χ2n) is 3.79. The molecule has 1 amide bonds. The Bertz CT molecular complexity index is 626. The third-order valence-corrected chi connectivity index (χ3v) is 2.76. The van der Waals surface area contributed by atoms with Gasteiger partial charge in [-0.15, -0.1) is 0 Å². The zero-order chi connectivity index (χ0) is 14.0. The van der Waals surface area contributed by atoms with Gasteiger partial charge in [-0.1, -0.05) is 17.7 Å². The summed E-state index contributed by atoms with van der Waals surface area (Å²) in [5, 5.41) is 2.14. The molecule has 0 heterocycles. The molecule has 98 valence electrons. The van der Waals surface area contributed by atoms with Crippen LogP contribution in [0.3, 0.4) is 0 Å². The molecular weight excluding hydrogens is 274 g/mol. The fourth-order valence-corrected chi connectivity index (χ4v) is 1.68. The van der Waals surface area contributed by atoms with Gasteiger partial charge in [0, 0.05) is 5.56 Å². The Hall–Kier alpha value is -2.14. The molecule has 0 aliphatic rings. The molecule has 0 unspecified atom stereocenters. The Balaban J connectivity index is 2.28. The number of anilines is 2. The van der Waals surface area contributed by atoms with Crippen LogP contribution in [0.2, 0.25) is 5.02 Å². The van der Waals surface area contributed by atoms with Crippen LogP contribution >= 0.6 is 11.6 Å². The van der Waals surface area contributed by atoms with Crippen molar-refractivity contribution in [3.63, 3.8) is 0 Å². The van der Waals surface area contributed by atoms with Gasteiger partial charge in [0.25, 0.3) is 5.91 Å². The topological polar surface area (TPSA) is 55.1 Å². The smallest absolute Gasteiger partial charge is 0.255 e. The van der Waals surface area contributed by atoms with E-state index in [4.69, 9.17) is 17.3 Å². The molecule has 0 aliphatic heterocycles. The summed E-state index contributed by atoms with van der Waals surface area (Å²) in [6.07, 6.45) is 0. The Morgan fingerprint density at radius 2 is 1.89 bits per heavy atom. The SMILES string of the molecule is Nc1cccc(F)c1NC(=O)c1ccc(F)c(Cl)c1. The summed E-state index contributed by atoms with van der Waals surface area (Å²) in [5.74, 6) is -1.91. The van der Waals surface area contributed by atoms with Gasteiger partial charge in [0.1, 0.15) is 17.3 Å². The lowest BCUT2D eigenvalue weighted by Gasteiger charge is -2.09. The Kier molecular flexibility index (Phi) is 3.66. The third kappa shape index (κ3) is 2.82. The molecule has 0 fully saturated rings. The first-order valence-corrected chi connectivity index (χ1v) is 5.67. The molecule has 0 spiro atoms. The van der Waals surface area contributed by atoms with Crippen LogP contribution in [0, 0.1) is 11.6 Å². The Morgan fingerprint density at radius 1 is 1.16 bits per heavy atom. The minimum atomic E-state index is -0.651. The molecule has 3 N–H and O–H groups in total. The van der Waals surface area contributed by atoms with Crippen molar-refractivity contribution in [2.45, 2.75) is 0 Å². The molecule has 3 nitrogen and oxygen atoms in total. The predicted octanol–water partition coefficient (Wildman–Crippen LogP) is 3.45. The maximum atomic E-state index is 13.5. The van der Waals surface area contributed by atoms with E-state index in [9.17, 15) is 13.6 Å². The molecule has 0 aromatic heterocycles. The molecule has 0 radical (unpaired) electrons. The molecule has 0 saturated heterocycles. The van der Waals surface area contributed by atoms with Crippen LogP contribution in [0.1, 0.15) is 10.4 Å². The van der Waals surface area contributed by atoms with E-state index in [0.717, 1.165) is 12.1 Å². The van der Waals surface area contributed by atoms with Gasteiger partial charge in [-0.25, -0.2) is 8.78 Å². The number of rotatable bonds is 2. The van der Waals surface area contributed by atoms with Crippen LogP contribution in [0.15, 0.2) is 36.4 Å². The molecule has 0 bridgehead atoms. The van der Waals surface area contributed by atoms with Crippen LogP contribution in [0.25, 0.3) is 0 Å². The van der Waals surface area contributed by atoms with Crippen molar-refractivity contribution in [1.29, 1.82) is 0 Å². The summed E-state index contributed by atoms with van der Waals surface area (Å²) >= 11 is 5.57. The van der Waals surface area contributed by atoms with Crippen molar-refractivity contribution in [1.82, 2.24) is 0 Å². The highest BCUT2D eigenvalue weighted by molar-refractivity contribution is 6.31. The highest BCUT2D eigenvalue weighted by Gasteiger charge is 2.13. The number of hydrogen-bond acceptors (Lipinski definition) is 2. The third-order valence-electron chi connectivity index (χ3n) is 2.47. The van der Waals surface area contributed by atoms with Gasteiger partial charge < -0.3 is 11.1 Å². The van der Waals surface area contributed by atoms with Gasteiger partial charge in [0.05, 0.1) is 10.7 Å². The number of nitrogen functional groups attached to an aromatic ring is 1. The minimum Gasteiger partial charge on any atom is -0.397 e. The summed E-state index contributed by atoms with van der Waals surface area (Å²) in [6, 6.07) is 7.51. The first-order valence-electron chi connectivity index (χ1n) is 5.29. The fourth-order valence-electron chi connectivity index (χ4n) is 1.50. The molecule has 0 atom stereocenters. The van der Waals surface area contributed by atoms with Gasteiger partial charge in [0.15, 0.2) is 0 Å². The lowest BCUT2D eigenvalue weighted by molar-refractivity contribution is 0.102. The van der Waals surface area contributed by atoms with E-state index in [1.807, 2.05) is 0 Å². The van der Waals surface area contributed by atoms with Gasteiger partial charge >= 0.3 is 0 Å². The van der Waals surface area contributed by atoms with Crippen molar-refractivity contribution >= 4 is 28.9 Å². The molecule has 0 aliphatic carbocycles. The molecule has 2 aromatic carbocycles. The number of carbonyl (C=O) groups excluding carboxylic acids is 1. The van der Waals surface area contributed by atoms with Crippen molar-refractivity contribution in [3.8, 4) is 0 Å². The number of halogens is 3. The fraction of sp³-hybridized carbons (Fsp3) is 0. The first-order chi connectivity index (χ1) is 8.99. The maximum absolute atomic E-state index is 13.5. The summed E-state index contributed by atoms with van der Waals surface area (Å²) in [5.41, 5.74) is 5.65. The normalized spacial score (nSPS) is 10.3. The molecule has 19 heavy (non-hydrogen) atoms. The number of nitrogens with two attached hydrogens (primary N) is 1. The standard InChI is InChI=1S/C13H9ClF2N2O/c14-8-6-7(4-5-9(8)15)13(19)18-12-10(16)2-1-3-11(12)17/h1-6H,17H2,(H,18,19). The van der Waals surface area contributed by atoms with Gasteiger partial charge in [-0.2, -0.15) is 0 Å². The van der Waals surface area contributed by atoms with E-state index in [1.165, 1.54) is 24.3 Å². The first kappa shape index (κ1) is 13.3. The zero-order valence-corrected chi connectivity index (χ0v) is 10.3. The van der Waals surface area contributed by atoms with Crippen LogP contribution in [-0.2, 0) is 0 Å². The second-order valence-corrected chi connectivity index (χ2v) is 4.19. The van der Waals surface area contributed by atoms with Crippen molar-refractivity contribution in [2.75, 3.05) is 11.1 Å². The number of nitrogens with one attached hydrogen (secondary N) is 1. The van der Waals surface area contributed by atoms with E-state index < -0.39 is 17.5 Å². The zero-order valence-electron chi connectivity index (χ0n) is 9.58. The maximum Gasteiger partial charge on any atom is 0.255 e. The number of amides is 1. The Labute approximate surface area is 113 Å². The number of hydrogen-bond donors (Lipinski definition) is 2. The van der Waals surface area contributed by atoms with E-state index in [-0.39, 0.29) is 22.0 Å². The minimum absolute atomic E-state index is 0.0987. The highest BCUT2D eigenvalue weighted by atomic mass is 35.5. The summed E-state index contributed by atoms with van der Waals surface area (Å²) in [6.45, 7) is 0. The number of benzene rings is 2. The van der Waals surface area contributed by atoms with Gasteiger partial charge in [-0.3, -0.25) is 4.79 Å². The number of carbonyl (C=O) groups is 1. The van der Waals surface area contributed by atoms with Gasteiger partial charge in [0.2, 0.25) is 0 Å². The van der Waals surface area contributed by atoms with E-state index in [0.29, 0.717) is 0 Å². The van der Waals surface area contributed by atoms with Gasteiger partial charge in [-0.05, 0) is 30.3 Å². The molecular formula is C13H9ClF2N2O. The molecule has 0 saturated carbocycles. The summed E-state index contributed by atoms with van der Waals surface area (Å²) < 4.78 is 26.5. The largest absolute Gasteiger partial charge is 0.397 e. The van der Waals surface area contributed by atoms with E-state index in [2.05, 4.69) is 5.32 Å². The second kappa shape index (κ2) is 5.24. The molecule has 2 aromatic rings. The molecule has 6 heteroatoms. The van der Waals surface area contributed by atoms with Crippen LogP contribution in [0.4, 0.5) is 20.2 Å². The summed E-state index contributed by atoms with van der Waals surface area (Å²) in [4.78, 5) is 11.9. The van der Waals surface area contributed by atoms with Crippen molar-refractivity contribution < 1.29 is 13.6 Å². The van der Waals surface area contributed by atoms with E-state index >= 15 is 0 Å². The lowest BCUT2D eigenvalue weighted by Crippen LogP contribution is -2.14. The molecule has 2 rings (SSSR count). The van der Waals surface area contributed by atoms with Crippen LogP contribution in [-0.4, -0.2) is 5.91 Å². The lowest BCUT2D eigenvalue weighted by atomic mass is 10.2. The van der Waals surface area contributed by atoms with Crippen LogP contribution in [0.5, 0.6) is 0 Å². The van der Waals surface area contributed by atoms with Crippen molar-refractivity contribution in [2.24, 2.45) is 0 Å². The van der Waals surface area contributed by atoms with Crippen molar-refractivity contribution in [3.05, 3.63) is 58.6 Å². The predicted molar refractivity (Wildman–Crippen MR) is 70.2 cm³/mol. The number of para-hydroxylation sites is 1. The van der Waals surface area contributed by atoms with Crippen LogP contribution < -0.4 is 11.1 Å². The average Bonchev–Trinajstić information content (AvgIpc) is 2.37. The van der Waals surface area contributed by atoms with E-state index in [1.54, 1.807) is 0 Å². The summed E-state index contributed by atoms with van der Waals surface area (Å²) in [7, 11) is 0. The average molecular weight is 283 g/mol. The Morgan fingerprint density at radius 3 is 2.53 bits per heavy atom. The highest BCUT2D eigenvalue weighted by Crippen LogP contribution is 2.23.